The standard InChI is InChI=1S/C18H19N5O3/c24-16-15(11-19-7-4-9-22-10-8-20-13-22)17(25)23(18(26)21-16)12-14-5-2-1-3-6-14/h1-3,5-6,8,10-11,13,15H,4,7,9,12H2,(H,21,24,26)/t15-/m1/s1. The molecule has 1 saturated heterocycles. The van der Waals surface area contributed by atoms with E-state index >= 15 is 0 Å². The number of imidazole rings is 1. The van der Waals surface area contributed by atoms with Crippen LogP contribution in [0.3, 0.4) is 0 Å². The fraction of sp³-hybridized carbons (Fsp3) is 0.278. The van der Waals surface area contributed by atoms with Gasteiger partial charge in [0, 0.05) is 31.7 Å². The molecule has 3 rings (SSSR count). The summed E-state index contributed by atoms with van der Waals surface area (Å²) < 4.78 is 1.92. The first kappa shape index (κ1) is 17.5. The first-order valence-electron chi connectivity index (χ1n) is 8.31. The topological polar surface area (TPSA) is 96.7 Å². The number of imide groups is 2. The Hall–Kier alpha value is -3.29. The lowest BCUT2D eigenvalue weighted by Gasteiger charge is -2.28. The summed E-state index contributed by atoms with van der Waals surface area (Å²) in [5.74, 6) is -2.27. The van der Waals surface area contributed by atoms with Gasteiger partial charge < -0.3 is 4.57 Å². The minimum absolute atomic E-state index is 0.115. The maximum atomic E-state index is 12.5. The number of barbiturate groups is 1. The van der Waals surface area contributed by atoms with Gasteiger partial charge >= 0.3 is 6.03 Å². The zero-order chi connectivity index (χ0) is 18.4. The molecule has 1 fully saturated rings. The second kappa shape index (κ2) is 8.19. The predicted octanol–water partition coefficient (Wildman–Crippen LogP) is 1.24. The van der Waals surface area contributed by atoms with E-state index in [1.807, 2.05) is 41.1 Å². The van der Waals surface area contributed by atoms with Crippen molar-refractivity contribution in [3.05, 3.63) is 54.6 Å². The molecule has 0 unspecified atom stereocenters. The number of benzene rings is 1. The zero-order valence-electron chi connectivity index (χ0n) is 14.1. The van der Waals surface area contributed by atoms with Crippen molar-refractivity contribution in [1.29, 1.82) is 0 Å². The van der Waals surface area contributed by atoms with Crippen LogP contribution in [0.4, 0.5) is 4.79 Å². The molecule has 8 heteroatoms. The van der Waals surface area contributed by atoms with Crippen molar-refractivity contribution in [2.75, 3.05) is 6.54 Å². The van der Waals surface area contributed by atoms with Gasteiger partial charge in [-0.3, -0.25) is 24.8 Å². The third kappa shape index (κ3) is 4.21. The largest absolute Gasteiger partial charge is 0.337 e. The molecule has 134 valence electrons. The summed E-state index contributed by atoms with van der Waals surface area (Å²) in [7, 11) is 0. The first-order valence-corrected chi connectivity index (χ1v) is 8.31. The lowest BCUT2D eigenvalue weighted by molar-refractivity contribution is -0.139. The average molecular weight is 353 g/mol. The summed E-state index contributed by atoms with van der Waals surface area (Å²) in [6.45, 7) is 1.34. The van der Waals surface area contributed by atoms with Gasteiger partial charge in [-0.15, -0.1) is 0 Å². The number of carbonyl (C=O) groups is 3. The molecule has 8 nitrogen and oxygen atoms in total. The number of hydrogen-bond donors (Lipinski definition) is 1. The Morgan fingerprint density at radius 1 is 1.19 bits per heavy atom. The van der Waals surface area contributed by atoms with Crippen molar-refractivity contribution in [2.45, 2.75) is 19.5 Å². The molecule has 1 aliphatic rings. The molecular formula is C18H19N5O3. The summed E-state index contributed by atoms with van der Waals surface area (Å²) >= 11 is 0. The maximum absolute atomic E-state index is 12.5. The molecule has 2 heterocycles. The monoisotopic (exact) mass is 353 g/mol. The van der Waals surface area contributed by atoms with Gasteiger partial charge in [0.25, 0.3) is 0 Å². The highest BCUT2D eigenvalue weighted by molar-refractivity contribution is 6.23. The van der Waals surface area contributed by atoms with Gasteiger partial charge in [0.1, 0.15) is 0 Å². The van der Waals surface area contributed by atoms with Crippen LogP contribution < -0.4 is 5.32 Å². The van der Waals surface area contributed by atoms with E-state index in [1.165, 1.54) is 6.21 Å². The van der Waals surface area contributed by atoms with Gasteiger partial charge in [0.05, 0.1) is 12.9 Å². The highest BCUT2D eigenvalue weighted by Crippen LogP contribution is 2.13. The van der Waals surface area contributed by atoms with E-state index in [1.54, 1.807) is 12.5 Å². The summed E-state index contributed by atoms with van der Waals surface area (Å²) in [6.07, 6.45) is 7.36. The number of aliphatic imine (C=N–C) groups is 1. The van der Waals surface area contributed by atoms with Gasteiger partial charge in [-0.05, 0) is 12.0 Å². The summed E-state index contributed by atoms with van der Waals surface area (Å²) in [5.41, 5.74) is 0.807. The smallest absolute Gasteiger partial charge is 0.331 e. The highest BCUT2D eigenvalue weighted by Gasteiger charge is 2.39. The minimum Gasteiger partial charge on any atom is -0.337 e. The van der Waals surface area contributed by atoms with Gasteiger partial charge in [-0.2, -0.15) is 0 Å². The zero-order valence-corrected chi connectivity index (χ0v) is 14.1. The number of nitrogens with zero attached hydrogens (tertiary/aromatic N) is 4. The predicted molar refractivity (Wildman–Crippen MR) is 94.2 cm³/mol. The van der Waals surface area contributed by atoms with Crippen molar-refractivity contribution in [3.8, 4) is 0 Å². The normalized spacial score (nSPS) is 17.8. The number of amides is 4. The Balaban J connectivity index is 1.58. The van der Waals surface area contributed by atoms with Gasteiger partial charge in [0.15, 0.2) is 5.92 Å². The Morgan fingerprint density at radius 2 is 2.00 bits per heavy atom. The van der Waals surface area contributed by atoms with Crippen LogP contribution in [0.1, 0.15) is 12.0 Å². The van der Waals surface area contributed by atoms with Crippen LogP contribution in [0.25, 0.3) is 0 Å². The molecule has 26 heavy (non-hydrogen) atoms. The average Bonchev–Trinajstić information content (AvgIpc) is 3.15. The van der Waals surface area contributed by atoms with E-state index in [-0.39, 0.29) is 6.54 Å². The number of rotatable bonds is 7. The Kier molecular flexibility index (Phi) is 5.52. The van der Waals surface area contributed by atoms with E-state index in [0.717, 1.165) is 23.4 Å². The molecule has 0 aliphatic carbocycles. The van der Waals surface area contributed by atoms with E-state index in [4.69, 9.17) is 0 Å². The third-order valence-corrected chi connectivity index (χ3v) is 3.99. The van der Waals surface area contributed by atoms with Crippen LogP contribution in [-0.2, 0) is 22.7 Å². The fourth-order valence-electron chi connectivity index (χ4n) is 2.62. The van der Waals surface area contributed by atoms with E-state index in [0.29, 0.717) is 6.54 Å². The number of hydrogen-bond acceptors (Lipinski definition) is 5. The van der Waals surface area contributed by atoms with Crippen LogP contribution >= 0.6 is 0 Å². The molecule has 1 atom stereocenters. The highest BCUT2D eigenvalue weighted by atomic mass is 16.2. The van der Waals surface area contributed by atoms with Crippen molar-refractivity contribution in [1.82, 2.24) is 19.8 Å². The number of aryl methyl sites for hydroxylation is 1. The second-order valence-electron chi connectivity index (χ2n) is 5.89. The van der Waals surface area contributed by atoms with Gasteiger partial charge in [0.2, 0.25) is 11.8 Å². The van der Waals surface area contributed by atoms with Crippen LogP contribution in [0.15, 0.2) is 54.0 Å². The van der Waals surface area contributed by atoms with Crippen LogP contribution in [0.5, 0.6) is 0 Å². The van der Waals surface area contributed by atoms with E-state index < -0.39 is 23.8 Å². The number of urea groups is 1. The van der Waals surface area contributed by atoms with Crippen molar-refractivity contribution in [2.24, 2.45) is 10.9 Å². The molecule has 0 bridgehead atoms. The molecule has 1 aliphatic heterocycles. The second-order valence-corrected chi connectivity index (χ2v) is 5.89. The summed E-state index contributed by atoms with van der Waals surface area (Å²) in [5, 5.41) is 2.22. The quantitative estimate of drug-likeness (QED) is 0.460. The Morgan fingerprint density at radius 3 is 2.73 bits per heavy atom. The minimum atomic E-state index is -1.08. The Bertz CT molecular complexity index is 801. The van der Waals surface area contributed by atoms with Crippen molar-refractivity contribution >= 4 is 24.1 Å². The first-order chi connectivity index (χ1) is 12.6. The van der Waals surface area contributed by atoms with Crippen LogP contribution in [0.2, 0.25) is 0 Å². The lowest BCUT2D eigenvalue weighted by Crippen LogP contribution is -2.57. The molecule has 4 amide bonds. The molecule has 0 saturated carbocycles. The molecule has 2 aromatic rings. The molecule has 0 spiro atoms. The fourth-order valence-corrected chi connectivity index (χ4v) is 2.62. The SMILES string of the molecule is O=C1NC(=O)N(Cc2ccccc2)C(=O)[C@@H]1C=NCCCn1ccnc1. The number of carbonyl (C=O) groups excluding carboxylic acids is 3. The summed E-state index contributed by atoms with van der Waals surface area (Å²) in [6, 6.07) is 8.43. The molecule has 1 aromatic heterocycles. The van der Waals surface area contributed by atoms with Crippen molar-refractivity contribution < 1.29 is 14.4 Å². The lowest BCUT2D eigenvalue weighted by atomic mass is 10.1. The van der Waals surface area contributed by atoms with E-state index in [2.05, 4.69) is 15.3 Å². The maximum Gasteiger partial charge on any atom is 0.331 e. The van der Waals surface area contributed by atoms with Gasteiger partial charge in [-0.25, -0.2) is 9.78 Å². The number of nitrogens with one attached hydrogen (secondary N) is 1. The van der Waals surface area contributed by atoms with Crippen LogP contribution in [0, 0.1) is 5.92 Å². The molecule has 0 radical (unpaired) electrons. The molecule has 1 N–H and O–H groups in total. The Labute approximate surface area is 150 Å². The number of aromatic nitrogens is 2. The summed E-state index contributed by atoms with van der Waals surface area (Å²) in [4.78, 5) is 45.7. The molecular weight excluding hydrogens is 334 g/mol. The van der Waals surface area contributed by atoms with Crippen molar-refractivity contribution in [3.63, 3.8) is 0 Å². The van der Waals surface area contributed by atoms with Crippen LogP contribution in [-0.4, -0.2) is 45.1 Å². The third-order valence-electron chi connectivity index (χ3n) is 3.99. The van der Waals surface area contributed by atoms with Gasteiger partial charge in [-0.1, -0.05) is 30.3 Å². The van der Waals surface area contributed by atoms with E-state index in [9.17, 15) is 14.4 Å². The molecule has 1 aromatic carbocycles.